The first-order chi connectivity index (χ1) is 38.1. The van der Waals surface area contributed by atoms with Crippen molar-refractivity contribution in [3.05, 3.63) is 118 Å². The fourth-order valence-corrected chi connectivity index (χ4v) is 7.76. The first-order valence-electron chi connectivity index (χ1n) is 23.2. The number of ether oxygens (including phenoxy) is 4. The summed E-state index contributed by atoms with van der Waals surface area (Å²) in [4.78, 5) is 88.8. The van der Waals surface area contributed by atoms with E-state index in [0.717, 1.165) is 28.3 Å². The molecule has 0 bridgehead atoms. The number of rotatable bonds is 26. The third kappa shape index (κ3) is 15.6. The molecule has 4 aromatic carbocycles. The molecule has 0 atom stereocenters. The number of carbonyl (C=O) groups is 7. The van der Waals surface area contributed by atoms with Crippen molar-refractivity contribution in [3.8, 4) is 46.3 Å². The summed E-state index contributed by atoms with van der Waals surface area (Å²) in [6.45, 7) is -0.969. The summed E-state index contributed by atoms with van der Waals surface area (Å²) in [5.74, 6) is -13.1. The Labute approximate surface area is 467 Å². The van der Waals surface area contributed by atoms with Gasteiger partial charge < -0.3 is 106 Å². The molecule has 0 aliphatic heterocycles. The molecule has 0 aliphatic rings. The quantitative estimate of drug-likeness (QED) is 0.0546. The maximum absolute atomic E-state index is 14.1. The molecule has 4 aromatic heterocycles. The average molecular weight is 1160 g/mol. The predicted molar refractivity (Wildman–Crippen MR) is 269 cm³/mol. The van der Waals surface area contributed by atoms with Crippen LogP contribution in [0.25, 0.3) is 45.2 Å². The van der Waals surface area contributed by atoms with E-state index in [2.05, 4.69) is 9.97 Å². The number of nitrogens with zero attached hydrogens (tertiary/aromatic N) is 4. The van der Waals surface area contributed by atoms with Gasteiger partial charge in [0.1, 0.15) is 66.8 Å². The molecule has 0 N–H and O–H groups in total. The van der Waals surface area contributed by atoms with Crippen LogP contribution < -0.4 is 59.4 Å². The van der Waals surface area contributed by atoms with Crippen LogP contribution in [-0.2, 0) is 25.6 Å². The van der Waals surface area contributed by atoms with Crippen molar-refractivity contribution in [1.82, 2.24) is 9.97 Å². The second kappa shape index (κ2) is 27.6. The maximum Gasteiger partial charge on any atom is 0.263 e. The molecular weight excluding hydrogens is 1110 g/mol. The van der Waals surface area contributed by atoms with Gasteiger partial charge in [-0.15, -0.1) is 0 Å². The minimum atomic E-state index is -1.63. The van der Waals surface area contributed by atoms with Crippen molar-refractivity contribution >= 4 is 86.5 Å². The zero-order valence-corrected chi connectivity index (χ0v) is 42.1. The zero-order valence-electron chi connectivity index (χ0n) is 41.4. The van der Waals surface area contributed by atoms with Crippen LogP contribution in [0.2, 0.25) is 5.02 Å². The van der Waals surface area contributed by atoms with Crippen LogP contribution in [0.15, 0.2) is 96.8 Å². The van der Waals surface area contributed by atoms with Gasteiger partial charge in [0.05, 0.1) is 79.4 Å². The number of hydrogen-bond donors (Lipinski definition) is 0. The fourth-order valence-electron chi connectivity index (χ4n) is 7.60. The monoisotopic (exact) mass is 1160 g/mol. The Kier molecular flexibility index (Phi) is 21.1. The van der Waals surface area contributed by atoms with Gasteiger partial charge in [-0.05, 0) is 67.4 Å². The van der Waals surface area contributed by atoms with E-state index in [9.17, 15) is 73.0 Å². The van der Waals surface area contributed by atoms with E-state index in [-0.39, 0.29) is 121 Å². The number of Topliss-reactive ketones (excluding diaryl/α,β-unsaturated/α-hetero) is 1. The molecule has 0 fully saturated rings. The highest BCUT2D eigenvalue weighted by Gasteiger charge is 2.22. The Hall–Kier alpha value is -10.2. The van der Waals surface area contributed by atoms with E-state index >= 15 is 0 Å². The van der Waals surface area contributed by atoms with Crippen molar-refractivity contribution < 1.29 is 110 Å². The third-order valence-electron chi connectivity index (χ3n) is 11.0. The summed E-state index contributed by atoms with van der Waals surface area (Å²) in [5, 5.41) is 68.2. The molecule has 0 saturated carbocycles. The number of carboxylic acid groups (broad SMARTS) is 6. The van der Waals surface area contributed by atoms with Gasteiger partial charge in [-0.1, -0.05) is 39.4 Å². The van der Waals surface area contributed by atoms with Gasteiger partial charge in [-0.3, -0.25) is 4.79 Å². The lowest BCUT2D eigenvalue weighted by molar-refractivity contribution is -0.307. The summed E-state index contributed by atoms with van der Waals surface area (Å²) in [7, 11) is 0. The number of anilines is 2. The molecule has 434 valence electrons. The number of aliphatic carboxylic acids is 4. The van der Waals surface area contributed by atoms with E-state index in [1.807, 2.05) is 0 Å². The van der Waals surface area contributed by atoms with Crippen LogP contribution in [0.5, 0.6) is 23.0 Å². The van der Waals surface area contributed by atoms with Crippen LogP contribution in [-0.4, -0.2) is 104 Å². The summed E-state index contributed by atoms with van der Waals surface area (Å²) in [5.41, 5.74) is 1.10. The van der Waals surface area contributed by atoms with Crippen molar-refractivity contribution in [2.45, 2.75) is 35.1 Å². The van der Waals surface area contributed by atoms with E-state index in [1.165, 1.54) is 55.5 Å². The number of aryl methyl sites for hydroxylation is 1. The summed E-state index contributed by atoms with van der Waals surface area (Å²) in [6.07, 6.45) is 2.36. The van der Waals surface area contributed by atoms with Gasteiger partial charge >= 0.3 is 0 Å². The number of ketones is 1. The molecule has 0 radical (unpaired) electrons. The topological polar surface area (TPSA) is 380 Å². The van der Waals surface area contributed by atoms with Crippen LogP contribution in [0.3, 0.4) is 0 Å². The molecule has 0 unspecified atom stereocenters. The van der Waals surface area contributed by atoms with Crippen LogP contribution >= 0.6 is 11.6 Å². The Bertz CT molecular complexity index is 3630. The van der Waals surface area contributed by atoms with Gasteiger partial charge in [0.2, 0.25) is 5.82 Å². The van der Waals surface area contributed by atoms with E-state index in [0.29, 0.717) is 28.3 Å². The maximum atomic E-state index is 14.1. The van der Waals surface area contributed by atoms with Crippen molar-refractivity contribution in [2.24, 2.45) is 0 Å². The molecule has 8 rings (SSSR count). The smallest absolute Gasteiger partial charge is 0.263 e. The molecule has 0 amide bonds. The van der Waals surface area contributed by atoms with Crippen molar-refractivity contribution in [1.29, 1.82) is 0 Å². The number of carboxylic acids is 6. The first kappa shape index (κ1) is 62.7. The van der Waals surface area contributed by atoms with Gasteiger partial charge in [-0.2, -0.15) is 4.39 Å². The fraction of sp³-hybridized carbons (Fsp3) is 0.241. The predicted octanol–water partition coefficient (Wildman–Crippen LogP) is 1.40. The summed E-state index contributed by atoms with van der Waals surface area (Å²) < 4.78 is 71.7. The number of furan rings is 2. The zero-order chi connectivity index (χ0) is 57.9. The Morgan fingerprint density at radius 1 is 0.561 bits per heavy atom. The molecule has 8 aromatic rings. The van der Waals surface area contributed by atoms with Gasteiger partial charge in [0.15, 0.2) is 40.4 Å². The van der Waals surface area contributed by atoms with E-state index in [4.69, 9.17) is 48.2 Å². The minimum Gasteiger partial charge on any atom is -0.548 e. The molecule has 4 heterocycles. The lowest BCUT2D eigenvalue weighted by Gasteiger charge is -2.28. The van der Waals surface area contributed by atoms with Gasteiger partial charge in [-0.25, -0.2) is 14.4 Å². The van der Waals surface area contributed by atoms with Gasteiger partial charge in [0, 0.05) is 27.9 Å². The highest BCUT2D eigenvalue weighted by molar-refractivity contribution is 6.30. The molecular formula is C54H45ClF2N4O21-6. The van der Waals surface area contributed by atoms with Crippen LogP contribution in [0, 0.1) is 11.6 Å². The number of halogens is 3. The number of aromatic nitrogens is 2. The number of benzene rings is 4. The number of aromatic carboxylic acids is 2. The highest BCUT2D eigenvalue weighted by atomic mass is 35.5. The second-order valence-electron chi connectivity index (χ2n) is 16.6. The molecule has 0 spiro atoms. The van der Waals surface area contributed by atoms with Crippen molar-refractivity contribution in [2.75, 3.05) is 62.4 Å². The standard InChI is InChI=1S/C28H24ClN3O14.C24H19F2NO7.2CH4/c29-15-1-2-16(31(10-23(33)34)11-24(35)36)20(7-15)44-4-3-43-19-5-14-6-21(27-30-9-22(46-27)28(41)42)45-18(14)8-17(19)32(12-25(37)38)13-26(39)40;1-3-13-4-5-16(25)21(26)22(13)32-7-6-31-18-8-14-9-19(23-27-11-20(34-23)24(29)30)33-17(14)10-15(18)12(2)28;;/h1-2,5-9H,3-4,10-13H2,(H,33,34)(H,35,36)(H,37,38)(H,39,40)(H,41,42);4-5,8-11H,3,6-7H2,1-2H3,(H,29,30);2*1H4/p-6. The lowest BCUT2D eigenvalue weighted by atomic mass is 10.1. The Morgan fingerprint density at radius 3 is 1.48 bits per heavy atom. The van der Waals surface area contributed by atoms with Crippen LogP contribution in [0.1, 0.15) is 65.7 Å². The Balaban J connectivity index is 0.000000306. The van der Waals surface area contributed by atoms with Crippen molar-refractivity contribution in [3.63, 3.8) is 0 Å². The molecule has 0 saturated heterocycles. The first-order valence-corrected chi connectivity index (χ1v) is 23.5. The number of fused-ring (bicyclic) bond motifs is 2. The largest absolute Gasteiger partial charge is 0.548 e. The molecule has 82 heavy (non-hydrogen) atoms. The van der Waals surface area contributed by atoms with E-state index < -0.39 is 85.1 Å². The van der Waals surface area contributed by atoms with E-state index in [1.54, 1.807) is 19.1 Å². The lowest BCUT2D eigenvalue weighted by Crippen LogP contribution is -2.44. The average Bonchev–Trinajstić information content (AvgIpc) is 4.39. The molecule has 0 aliphatic carbocycles. The molecule has 25 nitrogen and oxygen atoms in total. The summed E-state index contributed by atoms with van der Waals surface area (Å²) >= 11 is 6.05. The SMILES string of the molecule is C.C.CCc1ccc(F)c(F)c1OCCOc1cc2cc(-c3ncc(C(=O)[O-])o3)oc2cc1C(C)=O.O=C([O-])CN(CC(=O)[O-])c1ccc(Cl)cc1OCCOc1cc2cc(-c3ncc(C(=O)[O-])o3)oc2cc1N(CC(=O)[O-])CC(=O)[O-]. The number of oxazole rings is 2. The van der Waals surface area contributed by atoms with Gasteiger partial charge in [0.25, 0.3) is 11.8 Å². The highest BCUT2D eigenvalue weighted by Crippen LogP contribution is 2.38. The second-order valence-corrected chi connectivity index (χ2v) is 17.0. The number of hydrogen-bond acceptors (Lipinski definition) is 25. The molecule has 28 heteroatoms. The summed E-state index contributed by atoms with van der Waals surface area (Å²) in [6, 6.07) is 15.1. The minimum absolute atomic E-state index is 0. The Morgan fingerprint density at radius 2 is 1.01 bits per heavy atom. The third-order valence-corrected chi connectivity index (χ3v) is 11.2. The normalized spacial score (nSPS) is 10.6. The van der Waals surface area contributed by atoms with Crippen LogP contribution in [0.4, 0.5) is 20.2 Å². The number of carbonyl (C=O) groups excluding carboxylic acids is 7.